The van der Waals surface area contributed by atoms with Crippen molar-refractivity contribution in [2.24, 2.45) is 5.92 Å². The summed E-state index contributed by atoms with van der Waals surface area (Å²) in [5.41, 5.74) is 5.12. The van der Waals surface area contributed by atoms with E-state index in [0.29, 0.717) is 5.92 Å². The van der Waals surface area contributed by atoms with Crippen LogP contribution in [0.15, 0.2) is 67.0 Å². The normalized spacial score (nSPS) is 17.1. The van der Waals surface area contributed by atoms with Crippen LogP contribution < -0.4 is 5.32 Å². The number of rotatable bonds is 4. The van der Waals surface area contributed by atoms with Gasteiger partial charge in [-0.05, 0) is 50.0 Å². The number of aromatic nitrogens is 4. The molecule has 1 N–H and O–H groups in total. The number of fused-ring (bicyclic) bond motifs is 1. The highest BCUT2D eigenvalue weighted by atomic mass is 15.2. The Hall–Kier alpha value is -3.05. The molecule has 0 saturated carbocycles. The zero-order valence-electron chi connectivity index (χ0n) is 15.8. The summed E-state index contributed by atoms with van der Waals surface area (Å²) in [5, 5.41) is 8.33. The maximum absolute atomic E-state index is 4.95. The monoisotopic (exact) mass is 369 g/mol. The van der Waals surface area contributed by atoms with Crippen molar-refractivity contribution in [3.63, 3.8) is 0 Å². The molecule has 5 heteroatoms. The Kier molecular flexibility index (Phi) is 4.59. The highest BCUT2D eigenvalue weighted by molar-refractivity contribution is 5.90. The van der Waals surface area contributed by atoms with E-state index in [4.69, 9.17) is 10.1 Å². The molecule has 4 heterocycles. The smallest absolute Gasteiger partial charge is 0.129 e. The highest BCUT2D eigenvalue weighted by Crippen LogP contribution is 2.34. The number of pyridine rings is 1. The van der Waals surface area contributed by atoms with Crippen molar-refractivity contribution in [3.8, 4) is 22.5 Å². The maximum atomic E-state index is 4.95. The van der Waals surface area contributed by atoms with Crippen LogP contribution in [0.2, 0.25) is 0 Å². The summed E-state index contributed by atoms with van der Waals surface area (Å²) in [6.07, 6.45) is 7.26. The zero-order valence-corrected chi connectivity index (χ0v) is 15.8. The maximum Gasteiger partial charge on any atom is 0.129 e. The van der Waals surface area contributed by atoms with E-state index in [0.717, 1.165) is 53.4 Å². The van der Waals surface area contributed by atoms with Crippen LogP contribution >= 0.6 is 0 Å². The van der Waals surface area contributed by atoms with Crippen LogP contribution in [-0.2, 0) is 6.42 Å². The Balaban J connectivity index is 1.60. The van der Waals surface area contributed by atoms with Crippen LogP contribution in [0, 0.1) is 5.92 Å². The van der Waals surface area contributed by atoms with Gasteiger partial charge in [-0.2, -0.15) is 5.10 Å². The molecule has 1 aromatic carbocycles. The summed E-state index contributed by atoms with van der Waals surface area (Å²) < 4.78 is 1.94. The molecule has 1 aliphatic heterocycles. The molecular weight excluding hydrogens is 346 g/mol. The lowest BCUT2D eigenvalue weighted by molar-refractivity contribution is 0.371. The van der Waals surface area contributed by atoms with Gasteiger partial charge in [0.1, 0.15) is 11.5 Å². The van der Waals surface area contributed by atoms with E-state index >= 15 is 0 Å². The van der Waals surface area contributed by atoms with Crippen LogP contribution in [0.4, 0.5) is 0 Å². The standard InChI is InChI=1S/C23H23N5/c1-2-8-18(9-3-1)23-22(20-10-4-5-14-28(20)27-23)19-11-13-25-21(26-19)15-17-7-6-12-24-16-17/h1-5,8-11,13-14,17,24H,6-7,12,15-16H2/t17-/m1/s1. The molecule has 140 valence electrons. The van der Waals surface area contributed by atoms with Gasteiger partial charge < -0.3 is 5.32 Å². The first kappa shape index (κ1) is 17.1. The van der Waals surface area contributed by atoms with Gasteiger partial charge in [0.25, 0.3) is 0 Å². The average molecular weight is 369 g/mol. The van der Waals surface area contributed by atoms with Gasteiger partial charge in [-0.1, -0.05) is 36.4 Å². The van der Waals surface area contributed by atoms with Crippen molar-refractivity contribution in [3.05, 3.63) is 72.8 Å². The van der Waals surface area contributed by atoms with Crippen LogP contribution in [-0.4, -0.2) is 32.7 Å². The van der Waals surface area contributed by atoms with Gasteiger partial charge in [0, 0.05) is 24.4 Å². The third-order valence-electron chi connectivity index (χ3n) is 5.42. The average Bonchev–Trinajstić information content (AvgIpc) is 3.15. The molecule has 0 aliphatic carbocycles. The van der Waals surface area contributed by atoms with Crippen LogP contribution in [0.25, 0.3) is 28.0 Å². The molecule has 0 radical (unpaired) electrons. The lowest BCUT2D eigenvalue weighted by Gasteiger charge is -2.21. The number of nitrogens with one attached hydrogen (secondary N) is 1. The fourth-order valence-corrected chi connectivity index (χ4v) is 4.04. The largest absolute Gasteiger partial charge is 0.316 e. The second-order valence-electron chi connectivity index (χ2n) is 7.39. The summed E-state index contributed by atoms with van der Waals surface area (Å²) in [6.45, 7) is 2.18. The highest BCUT2D eigenvalue weighted by Gasteiger charge is 2.19. The molecule has 0 bridgehead atoms. The Morgan fingerprint density at radius 1 is 1.04 bits per heavy atom. The van der Waals surface area contributed by atoms with Gasteiger partial charge in [0.05, 0.1) is 16.8 Å². The molecule has 4 aromatic rings. The fraction of sp³-hybridized carbons (Fsp3) is 0.261. The van der Waals surface area contributed by atoms with E-state index < -0.39 is 0 Å². The predicted molar refractivity (Wildman–Crippen MR) is 111 cm³/mol. The van der Waals surface area contributed by atoms with Gasteiger partial charge in [-0.3, -0.25) is 0 Å². The third-order valence-corrected chi connectivity index (χ3v) is 5.42. The minimum absolute atomic E-state index is 0.613. The van der Waals surface area contributed by atoms with Gasteiger partial charge in [0.2, 0.25) is 0 Å². The topological polar surface area (TPSA) is 55.1 Å². The molecule has 0 spiro atoms. The van der Waals surface area contributed by atoms with Gasteiger partial charge in [0.15, 0.2) is 0 Å². The van der Waals surface area contributed by atoms with E-state index in [1.54, 1.807) is 0 Å². The van der Waals surface area contributed by atoms with Crippen LogP contribution in [0.5, 0.6) is 0 Å². The number of piperidine rings is 1. The number of hydrogen-bond donors (Lipinski definition) is 1. The van der Waals surface area contributed by atoms with Crippen molar-refractivity contribution < 1.29 is 0 Å². The lowest BCUT2D eigenvalue weighted by atomic mass is 9.96. The van der Waals surface area contributed by atoms with Crippen molar-refractivity contribution in [1.82, 2.24) is 24.9 Å². The van der Waals surface area contributed by atoms with Gasteiger partial charge in [-0.25, -0.2) is 14.5 Å². The number of nitrogens with zero attached hydrogens (tertiary/aromatic N) is 4. The number of hydrogen-bond acceptors (Lipinski definition) is 4. The second kappa shape index (κ2) is 7.52. The van der Waals surface area contributed by atoms with Crippen molar-refractivity contribution in [2.75, 3.05) is 13.1 Å². The van der Waals surface area contributed by atoms with E-state index in [1.807, 2.05) is 53.3 Å². The molecule has 1 aliphatic rings. The first-order chi connectivity index (χ1) is 13.9. The SMILES string of the molecule is c1ccc(-c2nn3ccccc3c2-c2ccnc(C[C@H]3CCCNC3)n2)cc1. The predicted octanol–water partition coefficient (Wildman–Crippen LogP) is 4.00. The zero-order chi connectivity index (χ0) is 18.8. The Bertz CT molecular complexity index is 1080. The summed E-state index contributed by atoms with van der Waals surface area (Å²) in [5.74, 6) is 1.53. The molecule has 1 fully saturated rings. The first-order valence-electron chi connectivity index (χ1n) is 9.94. The fourth-order valence-electron chi connectivity index (χ4n) is 4.04. The van der Waals surface area contributed by atoms with Crippen molar-refractivity contribution in [1.29, 1.82) is 0 Å². The molecular formula is C23H23N5. The number of benzene rings is 1. The van der Waals surface area contributed by atoms with Gasteiger partial charge >= 0.3 is 0 Å². The third kappa shape index (κ3) is 3.29. The van der Waals surface area contributed by atoms with Gasteiger partial charge in [-0.15, -0.1) is 0 Å². The minimum Gasteiger partial charge on any atom is -0.316 e. The minimum atomic E-state index is 0.613. The Morgan fingerprint density at radius 3 is 2.79 bits per heavy atom. The van der Waals surface area contributed by atoms with Crippen molar-refractivity contribution in [2.45, 2.75) is 19.3 Å². The van der Waals surface area contributed by atoms with E-state index in [-0.39, 0.29) is 0 Å². The summed E-state index contributed by atoms with van der Waals surface area (Å²) in [4.78, 5) is 9.51. The molecule has 5 nitrogen and oxygen atoms in total. The summed E-state index contributed by atoms with van der Waals surface area (Å²) in [6, 6.07) is 18.5. The molecule has 1 saturated heterocycles. The second-order valence-corrected chi connectivity index (χ2v) is 7.39. The van der Waals surface area contributed by atoms with Crippen molar-refractivity contribution >= 4 is 5.52 Å². The molecule has 0 unspecified atom stereocenters. The quantitative estimate of drug-likeness (QED) is 0.591. The Labute approximate surface area is 164 Å². The molecule has 0 amide bonds. The molecule has 1 atom stereocenters. The Morgan fingerprint density at radius 2 is 1.93 bits per heavy atom. The van der Waals surface area contributed by atoms with Crippen LogP contribution in [0.1, 0.15) is 18.7 Å². The summed E-state index contributed by atoms with van der Waals surface area (Å²) >= 11 is 0. The molecule has 5 rings (SSSR count). The van der Waals surface area contributed by atoms with E-state index in [1.165, 1.54) is 12.8 Å². The molecule has 28 heavy (non-hydrogen) atoms. The summed E-state index contributed by atoms with van der Waals surface area (Å²) in [7, 11) is 0. The first-order valence-corrected chi connectivity index (χ1v) is 9.94. The lowest BCUT2D eigenvalue weighted by Crippen LogP contribution is -2.31. The van der Waals surface area contributed by atoms with E-state index in [2.05, 4.69) is 28.5 Å². The van der Waals surface area contributed by atoms with E-state index in [9.17, 15) is 0 Å². The van der Waals surface area contributed by atoms with Crippen LogP contribution in [0.3, 0.4) is 0 Å². The molecule has 3 aromatic heterocycles.